The van der Waals surface area contributed by atoms with Crippen LogP contribution in [0.4, 0.5) is 0 Å². The molecule has 0 aromatic heterocycles. The van der Waals surface area contributed by atoms with E-state index in [9.17, 15) is 9.59 Å². The van der Waals surface area contributed by atoms with Crippen LogP contribution >= 0.6 is 22.6 Å². The van der Waals surface area contributed by atoms with E-state index >= 15 is 0 Å². The topological polar surface area (TPSA) is 72.2 Å². The zero-order valence-corrected chi connectivity index (χ0v) is 17.7. The Balaban J connectivity index is 1.74. The number of nitrogens with one attached hydrogen (secondary N) is 1. The van der Waals surface area contributed by atoms with Crippen LogP contribution in [0, 0.1) is 3.57 Å². The van der Waals surface area contributed by atoms with Crippen LogP contribution < -0.4 is 11.1 Å². The summed E-state index contributed by atoms with van der Waals surface area (Å²) in [6, 6.07) is 24.6. The summed E-state index contributed by atoms with van der Waals surface area (Å²) in [6.45, 7) is 0. The van der Waals surface area contributed by atoms with Crippen LogP contribution in [0.3, 0.4) is 0 Å². The Morgan fingerprint density at radius 3 is 2.07 bits per heavy atom. The van der Waals surface area contributed by atoms with E-state index < -0.39 is 11.9 Å². The summed E-state index contributed by atoms with van der Waals surface area (Å²) in [5.74, 6) is -0.853. The highest BCUT2D eigenvalue weighted by atomic mass is 127. The third kappa shape index (κ3) is 4.10. The lowest BCUT2D eigenvalue weighted by molar-refractivity contribution is -0.119. The lowest BCUT2D eigenvalue weighted by atomic mass is 9.95. The second kappa shape index (κ2) is 8.21. The fourth-order valence-electron chi connectivity index (χ4n) is 3.61. The first-order chi connectivity index (χ1) is 14.0. The summed E-state index contributed by atoms with van der Waals surface area (Å²) in [7, 11) is 0. The Kier molecular flexibility index (Phi) is 5.49. The van der Waals surface area contributed by atoms with Gasteiger partial charge in [0.05, 0.1) is 5.56 Å². The third-order valence-corrected chi connectivity index (χ3v) is 5.65. The van der Waals surface area contributed by atoms with E-state index in [0.29, 0.717) is 12.0 Å². The minimum atomic E-state index is -0.793. The van der Waals surface area contributed by atoms with Gasteiger partial charge in [-0.15, -0.1) is 0 Å². The molecule has 0 heterocycles. The Morgan fingerprint density at radius 2 is 1.48 bits per heavy atom. The molecule has 3 N–H and O–H groups in total. The van der Waals surface area contributed by atoms with Gasteiger partial charge < -0.3 is 11.1 Å². The second-order valence-electron chi connectivity index (χ2n) is 6.96. The summed E-state index contributed by atoms with van der Waals surface area (Å²) in [5, 5.41) is 6.52. The van der Waals surface area contributed by atoms with Crippen LogP contribution in [0.15, 0.2) is 78.9 Å². The number of primary amides is 1. The van der Waals surface area contributed by atoms with E-state index in [4.69, 9.17) is 5.73 Å². The monoisotopic (exact) mass is 494 g/mol. The Hall–Kier alpha value is -2.93. The number of fused-ring (bicyclic) bond motifs is 2. The van der Waals surface area contributed by atoms with Gasteiger partial charge >= 0.3 is 0 Å². The number of hydrogen-bond donors (Lipinski definition) is 2. The van der Waals surface area contributed by atoms with Crippen molar-refractivity contribution in [2.45, 2.75) is 12.5 Å². The molecule has 0 fully saturated rings. The van der Waals surface area contributed by atoms with Crippen molar-refractivity contribution < 1.29 is 9.59 Å². The summed E-state index contributed by atoms with van der Waals surface area (Å²) in [6.07, 6.45) is 0.348. The quantitative estimate of drug-likeness (QED) is 0.319. The van der Waals surface area contributed by atoms with E-state index in [0.717, 1.165) is 30.7 Å². The Bertz CT molecular complexity index is 1180. The minimum absolute atomic E-state index is 0.299. The van der Waals surface area contributed by atoms with Crippen molar-refractivity contribution in [1.82, 2.24) is 5.32 Å². The van der Waals surface area contributed by atoms with Crippen molar-refractivity contribution in [3.63, 3.8) is 0 Å². The molecule has 0 aliphatic rings. The van der Waals surface area contributed by atoms with Gasteiger partial charge in [-0.1, -0.05) is 60.7 Å². The molecular formula is C24H19IN2O2. The van der Waals surface area contributed by atoms with Crippen molar-refractivity contribution in [2.24, 2.45) is 5.73 Å². The van der Waals surface area contributed by atoms with Crippen molar-refractivity contribution in [3.8, 4) is 0 Å². The first kappa shape index (κ1) is 19.4. The molecule has 4 aromatic carbocycles. The van der Waals surface area contributed by atoms with Gasteiger partial charge in [0, 0.05) is 9.99 Å². The van der Waals surface area contributed by atoms with Gasteiger partial charge in [0.15, 0.2) is 0 Å². The molecule has 0 spiro atoms. The molecule has 1 atom stereocenters. The number of amides is 2. The van der Waals surface area contributed by atoms with E-state index in [1.54, 1.807) is 0 Å². The zero-order chi connectivity index (χ0) is 20.4. The molecule has 0 aliphatic heterocycles. The fraction of sp³-hybridized carbons (Fsp3) is 0.0833. The van der Waals surface area contributed by atoms with Gasteiger partial charge in [0.1, 0.15) is 6.04 Å². The van der Waals surface area contributed by atoms with E-state index in [2.05, 4.69) is 34.0 Å². The maximum Gasteiger partial charge on any atom is 0.253 e. The van der Waals surface area contributed by atoms with Gasteiger partial charge in [-0.3, -0.25) is 9.59 Å². The lowest BCUT2D eigenvalue weighted by Crippen LogP contribution is -2.46. The number of nitrogens with two attached hydrogens (primary N) is 1. The Labute approximate surface area is 182 Å². The van der Waals surface area contributed by atoms with Crippen LogP contribution in [0.2, 0.25) is 0 Å². The number of halogens is 1. The molecule has 0 aliphatic carbocycles. The average molecular weight is 494 g/mol. The van der Waals surface area contributed by atoms with E-state index in [1.165, 1.54) is 0 Å². The summed E-state index contributed by atoms with van der Waals surface area (Å²) < 4.78 is 1.06. The third-order valence-electron chi connectivity index (χ3n) is 4.98. The predicted octanol–water partition coefficient (Wildman–Crippen LogP) is 4.42. The highest BCUT2D eigenvalue weighted by Crippen LogP contribution is 2.28. The fourth-order valence-corrected chi connectivity index (χ4v) is 4.22. The number of hydrogen-bond acceptors (Lipinski definition) is 2. The van der Waals surface area contributed by atoms with Gasteiger partial charge in [0.25, 0.3) is 5.91 Å². The standard InChI is InChI=1S/C24H19IN2O2/c25-18-9-5-6-15(12-18)13-21(23(26)28)27-24(29)22-19-10-3-1-7-16(19)14-17-8-2-4-11-20(17)22/h1-12,14,21H,13H2,(H2,26,28)(H,27,29)/t21-/m0/s1. The number of rotatable bonds is 5. The van der Waals surface area contributed by atoms with Crippen LogP contribution in [0.5, 0.6) is 0 Å². The average Bonchev–Trinajstić information content (AvgIpc) is 2.71. The molecule has 2 amide bonds. The molecule has 4 aromatic rings. The first-order valence-electron chi connectivity index (χ1n) is 9.28. The van der Waals surface area contributed by atoms with Gasteiger partial charge in [-0.05, 0) is 67.9 Å². The maximum absolute atomic E-state index is 13.3. The molecular weight excluding hydrogens is 475 g/mol. The number of carbonyl (C=O) groups excluding carboxylic acids is 2. The molecule has 5 heteroatoms. The summed E-state index contributed by atoms with van der Waals surface area (Å²) in [4.78, 5) is 25.4. The molecule has 0 radical (unpaired) electrons. The molecule has 0 saturated heterocycles. The molecule has 144 valence electrons. The van der Waals surface area contributed by atoms with Crippen molar-refractivity contribution in [1.29, 1.82) is 0 Å². The molecule has 29 heavy (non-hydrogen) atoms. The van der Waals surface area contributed by atoms with Crippen LogP contribution in [0.25, 0.3) is 21.5 Å². The molecule has 0 unspecified atom stereocenters. The molecule has 0 bridgehead atoms. The van der Waals surface area contributed by atoms with Crippen molar-refractivity contribution >= 4 is 56.0 Å². The maximum atomic E-state index is 13.3. The van der Waals surface area contributed by atoms with Gasteiger partial charge in [0.2, 0.25) is 5.91 Å². The van der Waals surface area contributed by atoms with Crippen molar-refractivity contribution in [3.05, 3.63) is 93.6 Å². The zero-order valence-electron chi connectivity index (χ0n) is 15.6. The first-order valence-corrected chi connectivity index (χ1v) is 10.4. The minimum Gasteiger partial charge on any atom is -0.368 e. The van der Waals surface area contributed by atoms with E-state index in [-0.39, 0.29) is 5.91 Å². The number of benzene rings is 4. The van der Waals surface area contributed by atoms with E-state index in [1.807, 2.05) is 72.8 Å². The van der Waals surface area contributed by atoms with Crippen LogP contribution in [-0.2, 0) is 11.2 Å². The predicted molar refractivity (Wildman–Crippen MR) is 125 cm³/mol. The highest BCUT2D eigenvalue weighted by molar-refractivity contribution is 14.1. The molecule has 0 saturated carbocycles. The lowest BCUT2D eigenvalue weighted by Gasteiger charge is -2.18. The highest BCUT2D eigenvalue weighted by Gasteiger charge is 2.22. The smallest absolute Gasteiger partial charge is 0.253 e. The van der Waals surface area contributed by atoms with Gasteiger partial charge in [-0.25, -0.2) is 0 Å². The van der Waals surface area contributed by atoms with Gasteiger partial charge in [-0.2, -0.15) is 0 Å². The molecule has 4 rings (SSSR count). The van der Waals surface area contributed by atoms with Crippen LogP contribution in [0.1, 0.15) is 15.9 Å². The largest absolute Gasteiger partial charge is 0.368 e. The van der Waals surface area contributed by atoms with Crippen LogP contribution in [-0.4, -0.2) is 17.9 Å². The molecule has 4 nitrogen and oxygen atoms in total. The summed E-state index contributed by atoms with van der Waals surface area (Å²) in [5.41, 5.74) is 7.13. The Morgan fingerprint density at radius 1 is 0.862 bits per heavy atom. The summed E-state index contributed by atoms with van der Waals surface area (Å²) >= 11 is 2.22. The normalized spacial score (nSPS) is 12.0. The SMILES string of the molecule is NC(=O)[C@H](Cc1cccc(I)c1)NC(=O)c1c2ccccc2cc2ccccc12. The number of carbonyl (C=O) groups is 2. The second-order valence-corrected chi connectivity index (χ2v) is 8.20. The van der Waals surface area contributed by atoms with Crippen molar-refractivity contribution in [2.75, 3.05) is 0 Å².